The van der Waals surface area contributed by atoms with Crippen molar-refractivity contribution in [2.45, 2.75) is 26.4 Å². The Hall–Kier alpha value is -1.08. The van der Waals surface area contributed by atoms with Crippen LogP contribution < -0.4 is 0 Å². The van der Waals surface area contributed by atoms with Crippen LogP contribution in [0.4, 0.5) is 0 Å². The molecule has 1 N–H and O–H groups in total. The monoisotopic (exact) mass is 182 g/mol. The second-order valence-corrected chi connectivity index (χ2v) is 3.93. The number of aliphatic hydroxyl groups is 1. The highest BCUT2D eigenvalue weighted by Crippen LogP contribution is 2.20. The number of β-amino-alcohol motifs (C(OH)–C–C–N with tert-alkyl or cyclic N) is 1. The molecule has 1 amide bonds. The third kappa shape index (κ3) is 1.99. The number of nitriles is 1. The molecule has 1 aliphatic heterocycles. The molecular formula is C9H14N2O2. The lowest BCUT2D eigenvalue weighted by Crippen LogP contribution is -2.39. The summed E-state index contributed by atoms with van der Waals surface area (Å²) in [5.41, 5.74) is -0.968. The molecule has 0 radical (unpaired) electrons. The van der Waals surface area contributed by atoms with E-state index in [0.29, 0.717) is 19.5 Å². The molecular weight excluding hydrogens is 168 g/mol. The molecule has 1 fully saturated rings. The van der Waals surface area contributed by atoms with E-state index in [1.54, 1.807) is 18.7 Å². The number of nitrogens with zero attached hydrogens (tertiary/aromatic N) is 2. The first kappa shape index (κ1) is 10.0. The molecule has 0 aromatic heterocycles. The van der Waals surface area contributed by atoms with E-state index in [-0.39, 0.29) is 5.91 Å². The van der Waals surface area contributed by atoms with Crippen LogP contribution in [0, 0.1) is 16.7 Å². The molecule has 1 saturated heterocycles. The van der Waals surface area contributed by atoms with Gasteiger partial charge in [0.1, 0.15) is 5.41 Å². The zero-order chi connectivity index (χ0) is 10.1. The van der Waals surface area contributed by atoms with Crippen LogP contribution in [-0.2, 0) is 4.79 Å². The quantitative estimate of drug-likeness (QED) is 0.627. The fourth-order valence-corrected chi connectivity index (χ4v) is 1.37. The summed E-state index contributed by atoms with van der Waals surface area (Å²) in [6.45, 7) is 4.12. The van der Waals surface area contributed by atoms with Crippen molar-refractivity contribution in [3.63, 3.8) is 0 Å². The molecule has 0 spiro atoms. The van der Waals surface area contributed by atoms with E-state index >= 15 is 0 Å². The summed E-state index contributed by atoms with van der Waals surface area (Å²) in [5, 5.41) is 17.9. The molecule has 0 bridgehead atoms. The molecule has 1 rings (SSSR count). The average molecular weight is 182 g/mol. The number of carbonyl (C=O) groups is 1. The Morgan fingerprint density at radius 1 is 1.69 bits per heavy atom. The third-order valence-corrected chi connectivity index (χ3v) is 2.26. The number of hydrogen-bond acceptors (Lipinski definition) is 3. The lowest BCUT2D eigenvalue weighted by atomic mass is 9.94. The largest absolute Gasteiger partial charge is 0.391 e. The summed E-state index contributed by atoms with van der Waals surface area (Å²) in [6.07, 6.45) is 0.200. The van der Waals surface area contributed by atoms with Gasteiger partial charge in [-0.25, -0.2) is 0 Å². The molecule has 13 heavy (non-hydrogen) atoms. The first-order chi connectivity index (χ1) is 5.97. The van der Waals surface area contributed by atoms with Crippen molar-refractivity contribution in [2.24, 2.45) is 5.41 Å². The lowest BCUT2D eigenvalue weighted by molar-refractivity contribution is -0.136. The Morgan fingerprint density at radius 2 is 2.31 bits per heavy atom. The molecule has 4 nitrogen and oxygen atoms in total. The predicted molar refractivity (Wildman–Crippen MR) is 46.6 cm³/mol. The summed E-state index contributed by atoms with van der Waals surface area (Å²) in [7, 11) is 0. The van der Waals surface area contributed by atoms with Gasteiger partial charge in [0.2, 0.25) is 5.91 Å². The molecule has 1 aliphatic rings. The summed E-state index contributed by atoms with van der Waals surface area (Å²) < 4.78 is 0. The SMILES string of the molecule is CC(C)(C#N)C(=O)N1CC[C@H](O)C1. The maximum Gasteiger partial charge on any atom is 0.242 e. The normalized spacial score (nSPS) is 22.9. The van der Waals surface area contributed by atoms with Crippen molar-refractivity contribution in [1.82, 2.24) is 4.90 Å². The van der Waals surface area contributed by atoms with E-state index in [4.69, 9.17) is 5.26 Å². The van der Waals surface area contributed by atoms with Crippen LogP contribution in [-0.4, -0.2) is 35.1 Å². The fraction of sp³-hybridized carbons (Fsp3) is 0.778. The van der Waals surface area contributed by atoms with Crippen LogP contribution in [0.1, 0.15) is 20.3 Å². The number of amides is 1. The van der Waals surface area contributed by atoms with Crippen LogP contribution in [0.5, 0.6) is 0 Å². The minimum absolute atomic E-state index is 0.188. The van der Waals surface area contributed by atoms with Crippen LogP contribution in [0.15, 0.2) is 0 Å². The van der Waals surface area contributed by atoms with Gasteiger partial charge in [0.25, 0.3) is 0 Å². The first-order valence-corrected chi connectivity index (χ1v) is 4.36. The molecule has 4 heteroatoms. The zero-order valence-electron chi connectivity index (χ0n) is 7.95. The molecule has 0 aliphatic carbocycles. The van der Waals surface area contributed by atoms with Crippen LogP contribution >= 0.6 is 0 Å². The fourth-order valence-electron chi connectivity index (χ4n) is 1.37. The number of carbonyl (C=O) groups excluding carboxylic acids is 1. The molecule has 72 valence electrons. The zero-order valence-corrected chi connectivity index (χ0v) is 7.95. The second kappa shape index (κ2) is 3.35. The van der Waals surface area contributed by atoms with Crippen molar-refractivity contribution in [1.29, 1.82) is 5.26 Å². The van der Waals surface area contributed by atoms with Gasteiger partial charge in [-0.2, -0.15) is 5.26 Å². The highest BCUT2D eigenvalue weighted by Gasteiger charge is 2.35. The Balaban J connectivity index is 2.65. The third-order valence-electron chi connectivity index (χ3n) is 2.26. The van der Waals surface area contributed by atoms with E-state index in [1.165, 1.54) is 0 Å². The minimum Gasteiger partial charge on any atom is -0.391 e. The van der Waals surface area contributed by atoms with E-state index in [2.05, 4.69) is 0 Å². The average Bonchev–Trinajstić information content (AvgIpc) is 2.50. The van der Waals surface area contributed by atoms with Gasteiger partial charge in [0, 0.05) is 13.1 Å². The Labute approximate surface area is 77.8 Å². The molecule has 1 atom stereocenters. The van der Waals surface area contributed by atoms with E-state index in [0.717, 1.165) is 0 Å². The van der Waals surface area contributed by atoms with E-state index < -0.39 is 11.5 Å². The lowest BCUT2D eigenvalue weighted by Gasteiger charge is -2.22. The van der Waals surface area contributed by atoms with Crippen molar-refractivity contribution in [3.8, 4) is 6.07 Å². The molecule has 0 aromatic carbocycles. The molecule has 1 heterocycles. The summed E-state index contributed by atoms with van der Waals surface area (Å²) in [4.78, 5) is 13.2. The summed E-state index contributed by atoms with van der Waals surface area (Å²) >= 11 is 0. The summed E-state index contributed by atoms with van der Waals surface area (Å²) in [6, 6.07) is 1.96. The van der Waals surface area contributed by atoms with E-state index in [9.17, 15) is 9.90 Å². The predicted octanol–water partition coefficient (Wildman–Crippen LogP) is 0.129. The smallest absolute Gasteiger partial charge is 0.242 e. The maximum atomic E-state index is 11.6. The highest BCUT2D eigenvalue weighted by atomic mass is 16.3. The highest BCUT2D eigenvalue weighted by molar-refractivity contribution is 5.84. The number of aliphatic hydroxyl groups excluding tert-OH is 1. The first-order valence-electron chi connectivity index (χ1n) is 4.36. The molecule has 0 saturated carbocycles. The van der Waals surface area contributed by atoms with Crippen molar-refractivity contribution < 1.29 is 9.90 Å². The number of hydrogen-bond donors (Lipinski definition) is 1. The standard InChI is InChI=1S/C9H14N2O2/c1-9(2,6-10)8(13)11-4-3-7(12)5-11/h7,12H,3-5H2,1-2H3/t7-/m0/s1. The Kier molecular flexibility index (Phi) is 2.58. The Bertz CT molecular complexity index is 255. The second-order valence-electron chi connectivity index (χ2n) is 3.93. The minimum atomic E-state index is -0.968. The van der Waals surface area contributed by atoms with Gasteiger partial charge >= 0.3 is 0 Å². The maximum absolute atomic E-state index is 11.6. The van der Waals surface area contributed by atoms with Crippen LogP contribution in [0.2, 0.25) is 0 Å². The topological polar surface area (TPSA) is 64.3 Å². The van der Waals surface area contributed by atoms with Gasteiger partial charge < -0.3 is 10.0 Å². The van der Waals surface area contributed by atoms with Crippen molar-refractivity contribution in [2.75, 3.05) is 13.1 Å². The van der Waals surface area contributed by atoms with Gasteiger partial charge in [0.15, 0.2) is 0 Å². The molecule has 0 aromatic rings. The van der Waals surface area contributed by atoms with Crippen molar-refractivity contribution in [3.05, 3.63) is 0 Å². The van der Waals surface area contributed by atoms with Crippen LogP contribution in [0.3, 0.4) is 0 Å². The van der Waals surface area contributed by atoms with Gasteiger partial charge in [0.05, 0.1) is 12.2 Å². The number of rotatable bonds is 1. The van der Waals surface area contributed by atoms with Crippen LogP contribution in [0.25, 0.3) is 0 Å². The van der Waals surface area contributed by atoms with Gasteiger partial charge in [-0.05, 0) is 20.3 Å². The van der Waals surface area contributed by atoms with Gasteiger partial charge in [-0.1, -0.05) is 0 Å². The molecule has 0 unspecified atom stereocenters. The summed E-state index contributed by atoms with van der Waals surface area (Å²) in [5.74, 6) is -0.188. The van der Waals surface area contributed by atoms with E-state index in [1.807, 2.05) is 6.07 Å². The Morgan fingerprint density at radius 3 is 2.69 bits per heavy atom. The van der Waals surface area contributed by atoms with Gasteiger partial charge in [-0.3, -0.25) is 4.79 Å². The van der Waals surface area contributed by atoms with Gasteiger partial charge in [-0.15, -0.1) is 0 Å². The number of likely N-dealkylation sites (tertiary alicyclic amines) is 1. The van der Waals surface area contributed by atoms with Crippen molar-refractivity contribution >= 4 is 5.91 Å².